The second-order valence-electron chi connectivity index (χ2n) is 3.06. The molecule has 2 aromatic rings. The first-order valence-electron chi connectivity index (χ1n) is 4.46. The Hall–Kier alpha value is -1.15. The van der Waals surface area contributed by atoms with Crippen LogP contribution in [0.5, 0.6) is 5.75 Å². The standard InChI is InChI=1S/C11H11ClO2/c1-13-9-2-3-11-8(6-9)7-10(14-11)4-5-12/h2-3,6-7H,4-5H2,1H3. The molecule has 3 heteroatoms. The Kier molecular flexibility index (Phi) is 2.64. The zero-order valence-corrected chi connectivity index (χ0v) is 8.67. The van der Waals surface area contributed by atoms with E-state index in [1.807, 2.05) is 24.3 Å². The normalized spacial score (nSPS) is 10.7. The van der Waals surface area contributed by atoms with E-state index in [1.54, 1.807) is 7.11 Å². The van der Waals surface area contributed by atoms with Crippen LogP contribution < -0.4 is 4.74 Å². The molecule has 1 aromatic heterocycles. The molecule has 0 amide bonds. The summed E-state index contributed by atoms with van der Waals surface area (Å²) < 4.78 is 10.7. The fraction of sp³-hybridized carbons (Fsp3) is 0.273. The van der Waals surface area contributed by atoms with Crippen molar-refractivity contribution in [3.8, 4) is 5.75 Å². The second kappa shape index (κ2) is 3.93. The highest BCUT2D eigenvalue weighted by atomic mass is 35.5. The molecule has 14 heavy (non-hydrogen) atoms. The molecule has 0 saturated carbocycles. The molecule has 1 heterocycles. The molecule has 0 saturated heterocycles. The minimum Gasteiger partial charge on any atom is -0.497 e. The fourth-order valence-corrected chi connectivity index (χ4v) is 1.61. The first kappa shape index (κ1) is 9.41. The summed E-state index contributed by atoms with van der Waals surface area (Å²) in [6, 6.07) is 7.75. The van der Waals surface area contributed by atoms with Gasteiger partial charge in [-0.15, -0.1) is 11.6 Å². The van der Waals surface area contributed by atoms with Gasteiger partial charge in [0.2, 0.25) is 0 Å². The molecule has 0 aliphatic rings. The fourth-order valence-electron chi connectivity index (χ4n) is 1.42. The van der Waals surface area contributed by atoms with E-state index in [0.29, 0.717) is 5.88 Å². The Balaban J connectivity index is 2.43. The molecule has 2 nitrogen and oxygen atoms in total. The van der Waals surface area contributed by atoms with E-state index in [2.05, 4.69) is 0 Å². The van der Waals surface area contributed by atoms with Gasteiger partial charge in [-0.2, -0.15) is 0 Å². The van der Waals surface area contributed by atoms with Crippen LogP contribution in [0.15, 0.2) is 28.7 Å². The lowest BCUT2D eigenvalue weighted by Gasteiger charge is -1.96. The van der Waals surface area contributed by atoms with E-state index in [1.165, 1.54) is 0 Å². The first-order chi connectivity index (χ1) is 6.83. The van der Waals surface area contributed by atoms with Crippen LogP contribution in [0.1, 0.15) is 5.76 Å². The monoisotopic (exact) mass is 210 g/mol. The number of hydrogen-bond donors (Lipinski definition) is 0. The average molecular weight is 211 g/mol. The van der Waals surface area contributed by atoms with E-state index >= 15 is 0 Å². The first-order valence-corrected chi connectivity index (χ1v) is 4.99. The number of aryl methyl sites for hydroxylation is 1. The summed E-state index contributed by atoms with van der Waals surface area (Å²) in [4.78, 5) is 0. The minimum absolute atomic E-state index is 0.580. The molecule has 0 bridgehead atoms. The van der Waals surface area contributed by atoms with Crippen LogP contribution >= 0.6 is 11.6 Å². The summed E-state index contributed by atoms with van der Waals surface area (Å²) >= 11 is 5.64. The number of halogens is 1. The van der Waals surface area contributed by atoms with Crippen LogP contribution in [0.3, 0.4) is 0 Å². The van der Waals surface area contributed by atoms with Crippen molar-refractivity contribution < 1.29 is 9.15 Å². The average Bonchev–Trinajstić information content (AvgIpc) is 2.59. The lowest BCUT2D eigenvalue weighted by Crippen LogP contribution is -1.80. The van der Waals surface area contributed by atoms with Gasteiger partial charge in [0.05, 0.1) is 7.11 Å². The molecule has 0 spiro atoms. The molecule has 0 unspecified atom stereocenters. The number of furan rings is 1. The Morgan fingerprint density at radius 2 is 2.21 bits per heavy atom. The topological polar surface area (TPSA) is 22.4 Å². The van der Waals surface area contributed by atoms with E-state index in [4.69, 9.17) is 20.8 Å². The molecule has 0 aliphatic heterocycles. The number of hydrogen-bond acceptors (Lipinski definition) is 2. The molecular formula is C11H11ClO2. The summed E-state index contributed by atoms with van der Waals surface area (Å²) in [6.45, 7) is 0. The van der Waals surface area contributed by atoms with Crippen LogP contribution in [-0.4, -0.2) is 13.0 Å². The molecule has 74 valence electrons. The number of ether oxygens (including phenoxy) is 1. The molecule has 0 N–H and O–H groups in total. The maximum atomic E-state index is 5.64. The Bertz CT molecular complexity index is 434. The molecular weight excluding hydrogens is 200 g/mol. The van der Waals surface area contributed by atoms with Gasteiger partial charge in [0, 0.05) is 17.7 Å². The number of rotatable bonds is 3. The van der Waals surface area contributed by atoms with Crippen molar-refractivity contribution in [3.05, 3.63) is 30.0 Å². The highest BCUT2D eigenvalue weighted by molar-refractivity contribution is 6.17. The van der Waals surface area contributed by atoms with Gasteiger partial charge in [0.15, 0.2) is 0 Å². The van der Waals surface area contributed by atoms with Crippen molar-refractivity contribution in [2.45, 2.75) is 6.42 Å². The third-order valence-corrected chi connectivity index (χ3v) is 2.30. The Labute approximate surface area is 87.4 Å². The van der Waals surface area contributed by atoms with Crippen LogP contribution in [-0.2, 0) is 6.42 Å². The summed E-state index contributed by atoms with van der Waals surface area (Å²) in [7, 11) is 1.65. The van der Waals surface area contributed by atoms with Crippen molar-refractivity contribution in [1.29, 1.82) is 0 Å². The van der Waals surface area contributed by atoms with Gasteiger partial charge in [-0.25, -0.2) is 0 Å². The number of methoxy groups -OCH3 is 1. The van der Waals surface area contributed by atoms with Crippen molar-refractivity contribution in [3.63, 3.8) is 0 Å². The maximum Gasteiger partial charge on any atom is 0.134 e. The largest absolute Gasteiger partial charge is 0.497 e. The van der Waals surface area contributed by atoms with Gasteiger partial charge < -0.3 is 9.15 Å². The number of fused-ring (bicyclic) bond motifs is 1. The smallest absolute Gasteiger partial charge is 0.134 e. The highest BCUT2D eigenvalue weighted by Crippen LogP contribution is 2.24. The predicted octanol–water partition coefficient (Wildman–Crippen LogP) is 3.22. The zero-order chi connectivity index (χ0) is 9.97. The third kappa shape index (κ3) is 1.70. The van der Waals surface area contributed by atoms with Crippen molar-refractivity contribution in [2.75, 3.05) is 13.0 Å². The molecule has 0 aliphatic carbocycles. The zero-order valence-electron chi connectivity index (χ0n) is 7.92. The lowest BCUT2D eigenvalue weighted by atomic mass is 10.2. The van der Waals surface area contributed by atoms with Crippen LogP contribution in [0.4, 0.5) is 0 Å². The lowest BCUT2D eigenvalue weighted by molar-refractivity contribution is 0.415. The summed E-state index contributed by atoms with van der Waals surface area (Å²) in [5.74, 6) is 2.34. The van der Waals surface area contributed by atoms with Gasteiger partial charge in [-0.3, -0.25) is 0 Å². The summed E-state index contributed by atoms with van der Waals surface area (Å²) in [5.41, 5.74) is 0.880. The second-order valence-corrected chi connectivity index (χ2v) is 3.43. The van der Waals surface area contributed by atoms with E-state index in [9.17, 15) is 0 Å². The molecule has 2 rings (SSSR count). The quantitative estimate of drug-likeness (QED) is 0.726. The molecule has 0 fully saturated rings. The molecule has 0 radical (unpaired) electrons. The number of alkyl halides is 1. The van der Waals surface area contributed by atoms with Gasteiger partial charge in [0.25, 0.3) is 0 Å². The van der Waals surface area contributed by atoms with Crippen molar-refractivity contribution >= 4 is 22.6 Å². The SMILES string of the molecule is COc1ccc2oc(CCCl)cc2c1. The van der Waals surface area contributed by atoms with Gasteiger partial charge in [-0.05, 0) is 24.3 Å². The van der Waals surface area contributed by atoms with Crippen LogP contribution in [0.2, 0.25) is 0 Å². The van der Waals surface area contributed by atoms with Crippen LogP contribution in [0.25, 0.3) is 11.0 Å². The minimum atomic E-state index is 0.580. The highest BCUT2D eigenvalue weighted by Gasteiger charge is 2.03. The van der Waals surface area contributed by atoms with Gasteiger partial charge in [0.1, 0.15) is 17.1 Å². The molecule has 1 aromatic carbocycles. The maximum absolute atomic E-state index is 5.64. The van der Waals surface area contributed by atoms with E-state index < -0.39 is 0 Å². The third-order valence-electron chi connectivity index (χ3n) is 2.12. The Morgan fingerprint density at radius 1 is 1.36 bits per heavy atom. The van der Waals surface area contributed by atoms with Gasteiger partial charge in [-0.1, -0.05) is 0 Å². The van der Waals surface area contributed by atoms with Crippen molar-refractivity contribution in [2.24, 2.45) is 0 Å². The van der Waals surface area contributed by atoms with E-state index in [-0.39, 0.29) is 0 Å². The number of benzene rings is 1. The summed E-state index contributed by atoms with van der Waals surface area (Å²) in [6.07, 6.45) is 0.762. The van der Waals surface area contributed by atoms with Crippen LogP contribution in [0, 0.1) is 0 Å². The predicted molar refractivity (Wildman–Crippen MR) is 57.2 cm³/mol. The molecule has 0 atom stereocenters. The van der Waals surface area contributed by atoms with Crippen molar-refractivity contribution in [1.82, 2.24) is 0 Å². The Morgan fingerprint density at radius 3 is 2.93 bits per heavy atom. The summed E-state index contributed by atoms with van der Waals surface area (Å²) in [5, 5.41) is 1.06. The van der Waals surface area contributed by atoms with E-state index in [0.717, 1.165) is 28.9 Å². The van der Waals surface area contributed by atoms with Gasteiger partial charge >= 0.3 is 0 Å².